The molecule has 0 radical (unpaired) electrons. The highest BCUT2D eigenvalue weighted by molar-refractivity contribution is 0.829. The molecule has 0 atom stereocenters. The maximum Gasteiger partial charge on any atom is -0.412 e. The number of rotatable bonds is 0. The van der Waals surface area contributed by atoms with Crippen LogP contribution in [0.25, 0.3) is 0 Å². The van der Waals surface area contributed by atoms with Gasteiger partial charge in [0.1, 0.15) is 0 Å². The fraction of sp³-hybridized carbons (Fsp3) is 0. The van der Waals surface area contributed by atoms with E-state index in [1.165, 1.54) is 0 Å². The van der Waals surface area contributed by atoms with E-state index in [9.17, 15) is 0 Å². The molecule has 6 heavy (non-hydrogen) atoms. The summed E-state index contributed by atoms with van der Waals surface area (Å²) in [5, 5.41) is 0. The molecule has 52 valence electrons. The van der Waals surface area contributed by atoms with Crippen molar-refractivity contribution >= 4 is 0 Å². The van der Waals surface area contributed by atoms with E-state index in [1.54, 1.807) is 0 Å². The summed E-state index contributed by atoms with van der Waals surface area (Å²) in [6.45, 7) is 0. The predicted octanol–water partition coefficient (Wildman–Crippen LogP) is -2.13. The molecule has 0 unspecified atom stereocenters. The van der Waals surface area contributed by atoms with Gasteiger partial charge in [-0.15, -0.1) is 0 Å². The lowest BCUT2D eigenvalue weighted by Crippen LogP contribution is -0.290. The first kappa shape index (κ1) is 2270. The number of hydrogen-bond donors (Lipinski definition) is 0. The van der Waals surface area contributed by atoms with Crippen LogP contribution >= 0.6 is 0 Å². The van der Waals surface area contributed by atoms with Crippen LogP contribution in [0, 0.1) is 0 Å². The fourth-order valence-electron chi connectivity index (χ4n) is 0. The van der Waals surface area contributed by atoms with E-state index in [2.05, 4.69) is 0 Å². The monoisotopic (exact) mass is 106 g/mol. The zero-order valence-electron chi connectivity index (χ0n) is 4.79. The predicted molar refractivity (Wildman–Crippen MR) is 17.2 cm³/mol. The summed E-state index contributed by atoms with van der Waals surface area (Å²) in [6, 6.07) is 0. The molecular formula is H10O6-6. The van der Waals surface area contributed by atoms with Crippen molar-refractivity contribution in [3.63, 3.8) is 0 Å². The molecule has 0 heterocycles. The topological polar surface area (TPSA) is 183 Å². The van der Waals surface area contributed by atoms with Crippen LogP contribution < -0.4 is 0 Å². The van der Waals surface area contributed by atoms with Crippen molar-refractivity contribution in [2.45, 2.75) is 0 Å². The standard InChI is InChI=1S/6H2O.2H/h6*1H2;;/q;;;;;;2*-1/p-4. The molecule has 8 N–H and O–H groups in total. The molecule has 0 aliphatic heterocycles. The molecule has 0 spiro atoms. The van der Waals surface area contributed by atoms with Crippen molar-refractivity contribution in [2.75, 3.05) is 0 Å². The van der Waals surface area contributed by atoms with Crippen LogP contribution in [-0.4, -0.2) is 32.9 Å². The zero-order valence-corrected chi connectivity index (χ0v) is 2.79. The Hall–Kier alpha value is -0.240. The molecule has 0 amide bonds. The molecule has 0 aromatic heterocycles. The van der Waals surface area contributed by atoms with Crippen LogP contribution in [0.5, 0.6) is 0 Å². The third-order valence-electron chi connectivity index (χ3n) is 0. The highest BCUT2D eigenvalue weighted by Crippen LogP contribution is -0.284. The summed E-state index contributed by atoms with van der Waals surface area (Å²) in [5.41, 5.74) is 0. The second-order valence-electron chi connectivity index (χ2n) is 0. The van der Waals surface area contributed by atoms with E-state index in [1.807, 2.05) is 0 Å². The van der Waals surface area contributed by atoms with Crippen molar-refractivity contribution in [1.82, 2.24) is 0 Å². The Morgan fingerprint density at radius 2 is 0.500 bits per heavy atom. The van der Waals surface area contributed by atoms with Crippen molar-refractivity contribution in [3.8, 4) is 0 Å². The summed E-state index contributed by atoms with van der Waals surface area (Å²) < 4.78 is 0. The van der Waals surface area contributed by atoms with E-state index in [-0.39, 0.29) is 35.7 Å². The van der Waals surface area contributed by atoms with E-state index >= 15 is 0 Å². The molecular weight excluding hydrogens is 96.0 g/mol. The third-order valence-corrected chi connectivity index (χ3v) is 0. The van der Waals surface area contributed by atoms with Gasteiger partial charge in [0.25, 0.3) is 0 Å². The minimum atomic E-state index is 0. The van der Waals surface area contributed by atoms with Gasteiger partial charge in [-0.05, 0) is 0 Å². The molecule has 0 saturated carbocycles. The minimum absolute atomic E-state index is 0. The summed E-state index contributed by atoms with van der Waals surface area (Å²) >= 11 is 0. The Balaban J connectivity index is 0. The normalized spacial score (nSPS) is 0. The largest absolute Gasteiger partial charge is 1.00 e. The van der Waals surface area contributed by atoms with Gasteiger partial charge in [-0.3, -0.25) is 0 Å². The van der Waals surface area contributed by atoms with Crippen LogP contribution in [0.1, 0.15) is 2.85 Å². The summed E-state index contributed by atoms with van der Waals surface area (Å²) in [7, 11) is 0. The van der Waals surface area contributed by atoms with Crippen LogP contribution in [0.3, 0.4) is 0 Å². The first-order chi connectivity index (χ1) is 0. The van der Waals surface area contributed by atoms with Gasteiger partial charge < -0.3 is 35.7 Å². The van der Waals surface area contributed by atoms with Crippen LogP contribution in [0.2, 0.25) is 0 Å². The molecule has 0 saturated heterocycles. The maximum atomic E-state index is 0. The highest BCUT2D eigenvalue weighted by atomic mass is 16.0. The molecule has 0 aromatic rings. The summed E-state index contributed by atoms with van der Waals surface area (Å²) in [6.07, 6.45) is 0. The maximum absolute atomic E-state index is 0. The third kappa shape index (κ3) is 497. The van der Waals surface area contributed by atoms with Crippen molar-refractivity contribution in [2.24, 2.45) is 0 Å². The quantitative estimate of drug-likeness (QED) is 0.341. The lowest BCUT2D eigenvalue weighted by molar-refractivity contribution is 0.823. The highest BCUT2D eigenvalue weighted by Gasteiger charge is -0.410. The van der Waals surface area contributed by atoms with Gasteiger partial charge in [-0.25, -0.2) is 0 Å². The van der Waals surface area contributed by atoms with Crippen LogP contribution in [-0.2, 0) is 0 Å². The molecule has 6 heteroatoms. The average molecular weight is 106 g/mol. The van der Waals surface area contributed by atoms with E-state index in [0.717, 1.165) is 0 Å². The van der Waals surface area contributed by atoms with E-state index < -0.39 is 0 Å². The van der Waals surface area contributed by atoms with Crippen molar-refractivity contribution in [3.05, 3.63) is 0 Å². The molecule has 0 aliphatic rings. The SMILES string of the molecule is O.O.[H-].[H-].[OH-].[OH-].[OH-].[OH-]. The molecule has 6 nitrogen and oxygen atoms in total. The number of hydrogen-bond acceptors (Lipinski definition) is 4. The van der Waals surface area contributed by atoms with Gasteiger partial charge in [0.05, 0.1) is 0 Å². The lowest BCUT2D eigenvalue weighted by Gasteiger charge is -0.871. The van der Waals surface area contributed by atoms with Crippen molar-refractivity contribution < 1.29 is 35.7 Å². The first-order valence-corrected chi connectivity index (χ1v) is 0. The Morgan fingerprint density at radius 3 is 0.500 bits per heavy atom. The van der Waals surface area contributed by atoms with E-state index in [0.29, 0.717) is 0 Å². The zero-order chi connectivity index (χ0) is 0. The average Bonchev–Trinajstić information content (AvgIpc) is 0. The lowest BCUT2D eigenvalue weighted by atomic mass is 16.0. The molecule has 0 aliphatic carbocycles. The second-order valence-corrected chi connectivity index (χ2v) is 0. The van der Waals surface area contributed by atoms with Crippen molar-refractivity contribution in [1.29, 1.82) is 0 Å². The minimum Gasteiger partial charge on any atom is -1.00 e. The Labute approximate surface area is 37.2 Å². The van der Waals surface area contributed by atoms with E-state index in [4.69, 9.17) is 0 Å². The fourth-order valence-corrected chi connectivity index (χ4v) is 0. The summed E-state index contributed by atoms with van der Waals surface area (Å²) in [5.74, 6) is 0. The van der Waals surface area contributed by atoms with Gasteiger partial charge in [0, 0.05) is 0 Å². The van der Waals surface area contributed by atoms with Gasteiger partial charge in [-0.1, -0.05) is 0 Å². The molecule has 0 rings (SSSR count). The van der Waals surface area contributed by atoms with Crippen LogP contribution in [0.15, 0.2) is 0 Å². The van der Waals surface area contributed by atoms with Gasteiger partial charge in [0.2, 0.25) is 0 Å². The van der Waals surface area contributed by atoms with Gasteiger partial charge in [-0.2, -0.15) is 0 Å². The Kier molecular flexibility index (Phi) is 441000. The molecule has 0 fully saturated rings. The van der Waals surface area contributed by atoms with Crippen LogP contribution in [0.4, 0.5) is 0 Å². The van der Waals surface area contributed by atoms with Gasteiger partial charge in [0.15, 0.2) is 0 Å². The smallest absolute Gasteiger partial charge is 0.412 e. The molecule has 0 bridgehead atoms. The summed E-state index contributed by atoms with van der Waals surface area (Å²) in [4.78, 5) is 0. The second kappa shape index (κ2) is 1170. The van der Waals surface area contributed by atoms with Gasteiger partial charge >= 0.3 is 0 Å². The Morgan fingerprint density at radius 1 is 0.500 bits per heavy atom. The Bertz CT molecular complexity index is 6.49. The first-order valence-electron chi connectivity index (χ1n) is 0. The molecule has 0 aromatic carbocycles.